The fraction of sp³-hybridized carbons (Fsp3) is 0.875. The van der Waals surface area contributed by atoms with E-state index < -0.39 is 0 Å². The third-order valence-corrected chi connectivity index (χ3v) is 3.01. The first-order valence-corrected chi connectivity index (χ1v) is 4.25. The molecule has 1 spiro atoms. The van der Waals surface area contributed by atoms with Crippen molar-refractivity contribution < 1.29 is 4.79 Å². The van der Waals surface area contributed by atoms with Gasteiger partial charge in [-0.05, 0) is 19.8 Å². The van der Waals surface area contributed by atoms with Crippen LogP contribution in [0.3, 0.4) is 0 Å². The minimum atomic E-state index is -0.101. The van der Waals surface area contributed by atoms with Crippen molar-refractivity contribution in [3.05, 3.63) is 0 Å². The van der Waals surface area contributed by atoms with Crippen LogP contribution in [-0.4, -0.2) is 29.9 Å². The summed E-state index contributed by atoms with van der Waals surface area (Å²) >= 11 is 0. The molecule has 0 aromatic heterocycles. The molecule has 62 valence electrons. The van der Waals surface area contributed by atoms with E-state index in [9.17, 15) is 4.79 Å². The minimum Gasteiger partial charge on any atom is -0.341 e. The molecule has 3 heteroatoms. The largest absolute Gasteiger partial charge is 0.341 e. The molecule has 3 nitrogen and oxygen atoms in total. The molecule has 1 atom stereocenters. The lowest BCUT2D eigenvalue weighted by atomic mass is 10.0. The van der Waals surface area contributed by atoms with E-state index in [0.29, 0.717) is 5.91 Å². The number of nitrogens with zero attached hydrogens (tertiary/aromatic N) is 1. The summed E-state index contributed by atoms with van der Waals surface area (Å²) in [5, 5.41) is 0. The van der Waals surface area contributed by atoms with E-state index in [1.807, 2.05) is 11.8 Å². The molecule has 1 saturated heterocycles. The molecule has 1 aliphatic carbocycles. The molecule has 2 aliphatic rings. The molecule has 2 N–H and O–H groups in total. The molecule has 0 radical (unpaired) electrons. The molecule has 1 amide bonds. The van der Waals surface area contributed by atoms with Gasteiger partial charge in [0.05, 0.1) is 5.41 Å². The Balaban J connectivity index is 2.19. The van der Waals surface area contributed by atoms with Crippen molar-refractivity contribution in [3.8, 4) is 0 Å². The summed E-state index contributed by atoms with van der Waals surface area (Å²) in [5.41, 5.74) is 5.77. The molecule has 2 fully saturated rings. The van der Waals surface area contributed by atoms with Crippen LogP contribution >= 0.6 is 0 Å². The summed E-state index contributed by atoms with van der Waals surface area (Å²) in [6, 6.07) is 0.106. The van der Waals surface area contributed by atoms with Crippen LogP contribution in [0.15, 0.2) is 0 Å². The van der Waals surface area contributed by atoms with Crippen molar-refractivity contribution >= 4 is 5.91 Å². The minimum absolute atomic E-state index is 0.101. The fourth-order valence-corrected chi connectivity index (χ4v) is 1.96. The summed E-state index contributed by atoms with van der Waals surface area (Å²) in [6.07, 6.45) is 2.03. The van der Waals surface area contributed by atoms with E-state index in [2.05, 4.69) is 0 Å². The van der Waals surface area contributed by atoms with Crippen LogP contribution in [0.1, 0.15) is 19.8 Å². The molecule has 0 aromatic carbocycles. The van der Waals surface area contributed by atoms with Gasteiger partial charge in [-0.1, -0.05) is 0 Å². The van der Waals surface area contributed by atoms with E-state index in [1.165, 1.54) is 0 Å². The Labute approximate surface area is 66.5 Å². The molecule has 0 bridgehead atoms. The van der Waals surface area contributed by atoms with Gasteiger partial charge in [0.25, 0.3) is 0 Å². The van der Waals surface area contributed by atoms with E-state index in [0.717, 1.165) is 25.9 Å². The lowest BCUT2D eigenvalue weighted by Crippen LogP contribution is -2.31. The molecular formula is C8H14N2O. The lowest BCUT2D eigenvalue weighted by molar-refractivity contribution is -0.131. The van der Waals surface area contributed by atoms with Crippen molar-refractivity contribution in [2.24, 2.45) is 11.1 Å². The van der Waals surface area contributed by atoms with Gasteiger partial charge >= 0.3 is 0 Å². The van der Waals surface area contributed by atoms with Crippen molar-refractivity contribution in [3.63, 3.8) is 0 Å². The highest BCUT2D eigenvalue weighted by atomic mass is 16.2. The van der Waals surface area contributed by atoms with Crippen LogP contribution < -0.4 is 5.73 Å². The van der Waals surface area contributed by atoms with Gasteiger partial charge in [0, 0.05) is 19.1 Å². The van der Waals surface area contributed by atoms with Crippen LogP contribution in [0.5, 0.6) is 0 Å². The number of amides is 1. The number of carbonyl (C=O) groups is 1. The van der Waals surface area contributed by atoms with Crippen LogP contribution in [0, 0.1) is 5.41 Å². The maximum absolute atomic E-state index is 11.6. The fourth-order valence-electron chi connectivity index (χ4n) is 1.96. The Kier molecular flexibility index (Phi) is 1.27. The van der Waals surface area contributed by atoms with Gasteiger partial charge in [0.1, 0.15) is 0 Å². The number of likely N-dealkylation sites (tertiary alicyclic amines) is 1. The Morgan fingerprint density at radius 3 is 2.64 bits per heavy atom. The average molecular weight is 154 g/mol. The highest BCUT2D eigenvalue weighted by Gasteiger charge is 2.60. The molecule has 1 saturated carbocycles. The third-order valence-electron chi connectivity index (χ3n) is 3.01. The SMILES string of the molecule is CCN1C[C@@H](N)C2(CC2)C1=O. The van der Waals surface area contributed by atoms with Crippen LogP contribution in [-0.2, 0) is 4.79 Å². The zero-order valence-corrected chi connectivity index (χ0v) is 6.84. The van der Waals surface area contributed by atoms with Crippen molar-refractivity contribution in [2.45, 2.75) is 25.8 Å². The Bertz CT molecular complexity index is 198. The van der Waals surface area contributed by atoms with E-state index in [4.69, 9.17) is 5.73 Å². The maximum atomic E-state index is 11.6. The van der Waals surface area contributed by atoms with Crippen LogP contribution in [0.25, 0.3) is 0 Å². The number of hydrogen-bond acceptors (Lipinski definition) is 2. The van der Waals surface area contributed by atoms with E-state index in [1.54, 1.807) is 0 Å². The molecular weight excluding hydrogens is 140 g/mol. The van der Waals surface area contributed by atoms with Gasteiger partial charge in [-0.3, -0.25) is 4.79 Å². The zero-order valence-electron chi connectivity index (χ0n) is 6.84. The normalized spacial score (nSPS) is 33.5. The molecule has 11 heavy (non-hydrogen) atoms. The first-order valence-electron chi connectivity index (χ1n) is 4.25. The summed E-state index contributed by atoms with van der Waals surface area (Å²) < 4.78 is 0. The number of rotatable bonds is 1. The molecule has 0 unspecified atom stereocenters. The second kappa shape index (κ2) is 1.97. The third kappa shape index (κ3) is 0.745. The van der Waals surface area contributed by atoms with E-state index in [-0.39, 0.29) is 11.5 Å². The number of carbonyl (C=O) groups excluding carboxylic acids is 1. The van der Waals surface area contributed by atoms with Gasteiger partial charge in [-0.2, -0.15) is 0 Å². The topological polar surface area (TPSA) is 46.3 Å². The predicted molar refractivity (Wildman–Crippen MR) is 41.9 cm³/mol. The van der Waals surface area contributed by atoms with Gasteiger partial charge < -0.3 is 10.6 Å². The summed E-state index contributed by atoms with van der Waals surface area (Å²) in [4.78, 5) is 13.4. The second-order valence-electron chi connectivity index (χ2n) is 3.61. The standard InChI is InChI=1S/C8H14N2O/c1-2-10-5-6(9)8(3-4-8)7(10)11/h6H,2-5,9H2,1H3/t6-/m1/s1. The number of nitrogens with two attached hydrogens (primary N) is 1. The van der Waals surface area contributed by atoms with Crippen LogP contribution in [0.2, 0.25) is 0 Å². The van der Waals surface area contributed by atoms with Gasteiger partial charge in [0.15, 0.2) is 0 Å². The van der Waals surface area contributed by atoms with Crippen molar-refractivity contribution in [1.82, 2.24) is 4.90 Å². The highest BCUT2D eigenvalue weighted by Crippen LogP contribution is 2.52. The molecule has 1 heterocycles. The zero-order chi connectivity index (χ0) is 8.06. The maximum Gasteiger partial charge on any atom is 0.230 e. The van der Waals surface area contributed by atoms with Crippen LogP contribution in [0.4, 0.5) is 0 Å². The first-order chi connectivity index (χ1) is 5.20. The number of hydrogen-bond donors (Lipinski definition) is 1. The van der Waals surface area contributed by atoms with Gasteiger partial charge in [-0.15, -0.1) is 0 Å². The lowest BCUT2D eigenvalue weighted by Gasteiger charge is -2.11. The van der Waals surface area contributed by atoms with Crippen molar-refractivity contribution in [1.29, 1.82) is 0 Å². The Morgan fingerprint density at radius 2 is 2.36 bits per heavy atom. The monoisotopic (exact) mass is 154 g/mol. The van der Waals surface area contributed by atoms with Crippen molar-refractivity contribution in [2.75, 3.05) is 13.1 Å². The second-order valence-corrected chi connectivity index (χ2v) is 3.61. The van der Waals surface area contributed by atoms with Gasteiger partial charge in [-0.25, -0.2) is 0 Å². The summed E-state index contributed by atoms with van der Waals surface area (Å²) in [7, 11) is 0. The van der Waals surface area contributed by atoms with E-state index >= 15 is 0 Å². The smallest absolute Gasteiger partial charge is 0.230 e. The summed E-state index contributed by atoms with van der Waals surface area (Å²) in [6.45, 7) is 3.59. The highest BCUT2D eigenvalue weighted by molar-refractivity contribution is 5.88. The average Bonchev–Trinajstić information content (AvgIpc) is 2.74. The Hall–Kier alpha value is -0.570. The molecule has 1 aliphatic heterocycles. The Morgan fingerprint density at radius 1 is 1.73 bits per heavy atom. The van der Waals surface area contributed by atoms with Gasteiger partial charge in [0.2, 0.25) is 5.91 Å². The predicted octanol–water partition coefficient (Wildman–Crippen LogP) is -0.0440. The number of likely N-dealkylation sites (N-methyl/N-ethyl adjacent to an activating group) is 1. The molecule has 2 rings (SSSR count). The first kappa shape index (κ1) is 7.10. The molecule has 0 aromatic rings. The quantitative estimate of drug-likeness (QED) is 0.576. The summed E-state index contributed by atoms with van der Waals surface area (Å²) in [5.74, 6) is 0.299.